The topological polar surface area (TPSA) is 130 Å². The Bertz CT molecular complexity index is 912. The fraction of sp³-hybridized carbons (Fsp3) is 0.357. The molecular weight excluding hydrogens is 353 g/mol. The summed E-state index contributed by atoms with van der Waals surface area (Å²) in [7, 11) is -3.07. The number of anilines is 1. The van der Waals surface area contributed by atoms with E-state index in [1.807, 2.05) is 5.48 Å². The zero-order valence-electron chi connectivity index (χ0n) is 13.2. The van der Waals surface area contributed by atoms with Crippen molar-refractivity contribution in [2.75, 3.05) is 16.8 Å². The molecule has 0 bridgehead atoms. The molecule has 9 nitrogen and oxygen atoms in total. The van der Waals surface area contributed by atoms with Gasteiger partial charge in [-0.3, -0.25) is 10.7 Å². The Balaban J connectivity index is 1.86. The Morgan fingerprint density at radius 1 is 1.44 bits per heavy atom. The van der Waals surface area contributed by atoms with Gasteiger partial charge >= 0.3 is 0 Å². The summed E-state index contributed by atoms with van der Waals surface area (Å²) in [5.74, 6) is -0.211. The van der Waals surface area contributed by atoms with Crippen LogP contribution >= 0.6 is 0 Å². The highest BCUT2D eigenvalue weighted by atomic mass is 32.2. The fourth-order valence-electron chi connectivity index (χ4n) is 2.50. The molecule has 1 aromatic heterocycles. The Hall–Kier alpha value is -2.53. The van der Waals surface area contributed by atoms with Crippen molar-refractivity contribution in [1.29, 1.82) is 0 Å². The number of aryl methyl sites for hydroxylation is 1. The number of sulfone groups is 1. The summed E-state index contributed by atoms with van der Waals surface area (Å²) in [6.07, 6.45) is 0.435. The van der Waals surface area contributed by atoms with Gasteiger partial charge in [0.25, 0.3) is 0 Å². The standard InChI is InChI=1S/C14H16FN5O4S/c1-8-6-9(2-3-11(8)15)16-13(18-21)12-14(20-24-19-12)17-10-4-5-25(22,23)7-10/h2-3,6,10,21H,4-5,7H2,1H3,(H,16,18)(H,17,20)/t10-/m1/s1. The molecule has 1 atom stereocenters. The molecule has 0 amide bonds. The van der Waals surface area contributed by atoms with Gasteiger partial charge in [0.05, 0.1) is 17.2 Å². The van der Waals surface area contributed by atoms with Crippen LogP contribution in [0.4, 0.5) is 15.9 Å². The minimum Gasteiger partial charge on any atom is -0.361 e. The Kier molecular flexibility index (Phi) is 4.68. The summed E-state index contributed by atoms with van der Waals surface area (Å²) in [5.41, 5.74) is 2.76. The van der Waals surface area contributed by atoms with Crippen LogP contribution in [0.3, 0.4) is 0 Å². The number of nitrogens with one attached hydrogen (secondary N) is 2. The molecule has 3 N–H and O–H groups in total. The first-order chi connectivity index (χ1) is 11.9. The number of hydroxylamine groups is 1. The van der Waals surface area contributed by atoms with Crippen molar-refractivity contribution in [3.63, 3.8) is 0 Å². The van der Waals surface area contributed by atoms with Gasteiger partial charge in [0.2, 0.25) is 5.82 Å². The molecule has 1 aliphatic rings. The van der Waals surface area contributed by atoms with Crippen molar-refractivity contribution < 1.29 is 22.6 Å². The highest BCUT2D eigenvalue weighted by molar-refractivity contribution is 7.91. The predicted molar refractivity (Wildman–Crippen MR) is 87.2 cm³/mol. The predicted octanol–water partition coefficient (Wildman–Crippen LogP) is 1.17. The normalized spacial score (nSPS) is 19.8. The van der Waals surface area contributed by atoms with E-state index in [0.717, 1.165) is 0 Å². The van der Waals surface area contributed by atoms with E-state index in [2.05, 4.69) is 25.3 Å². The summed E-state index contributed by atoms with van der Waals surface area (Å²) >= 11 is 0. The maximum absolute atomic E-state index is 13.3. The summed E-state index contributed by atoms with van der Waals surface area (Å²) in [5, 5.41) is 19.7. The zero-order chi connectivity index (χ0) is 18.0. The van der Waals surface area contributed by atoms with E-state index in [0.29, 0.717) is 17.7 Å². The first kappa shape index (κ1) is 17.3. The molecule has 0 spiro atoms. The largest absolute Gasteiger partial charge is 0.361 e. The quantitative estimate of drug-likeness (QED) is 0.416. The molecular formula is C14H16FN5O4S. The average molecular weight is 369 g/mol. The molecule has 0 radical (unpaired) electrons. The summed E-state index contributed by atoms with van der Waals surface area (Å²) in [6, 6.07) is 3.86. The lowest BCUT2D eigenvalue weighted by Crippen LogP contribution is -2.25. The molecule has 25 heavy (non-hydrogen) atoms. The molecule has 0 saturated carbocycles. The average Bonchev–Trinajstić information content (AvgIpc) is 3.15. The number of halogens is 1. The second-order valence-electron chi connectivity index (χ2n) is 5.71. The molecule has 1 saturated heterocycles. The molecule has 0 aliphatic carbocycles. The van der Waals surface area contributed by atoms with Gasteiger partial charge in [-0.2, -0.15) is 0 Å². The van der Waals surface area contributed by atoms with E-state index in [4.69, 9.17) is 0 Å². The summed E-state index contributed by atoms with van der Waals surface area (Å²) < 4.78 is 41.1. The van der Waals surface area contributed by atoms with E-state index >= 15 is 0 Å². The summed E-state index contributed by atoms with van der Waals surface area (Å²) in [4.78, 5) is 4.15. The second-order valence-corrected chi connectivity index (χ2v) is 7.94. The van der Waals surface area contributed by atoms with Gasteiger partial charge in [-0.05, 0) is 47.4 Å². The smallest absolute Gasteiger partial charge is 0.202 e. The highest BCUT2D eigenvalue weighted by Gasteiger charge is 2.30. The van der Waals surface area contributed by atoms with Gasteiger partial charge in [0.1, 0.15) is 5.82 Å². The Labute approximate surface area is 142 Å². The molecule has 11 heteroatoms. The lowest BCUT2D eigenvalue weighted by Gasteiger charge is -2.10. The minimum atomic E-state index is -3.07. The molecule has 134 valence electrons. The lowest BCUT2D eigenvalue weighted by atomic mass is 10.2. The summed E-state index contributed by atoms with van der Waals surface area (Å²) in [6.45, 7) is 1.59. The third-order valence-electron chi connectivity index (χ3n) is 3.77. The number of aromatic nitrogens is 2. The Morgan fingerprint density at radius 2 is 2.24 bits per heavy atom. The first-order valence-corrected chi connectivity index (χ1v) is 9.25. The molecule has 3 rings (SSSR count). The number of nitrogens with zero attached hydrogens (tertiary/aromatic N) is 3. The molecule has 1 aromatic carbocycles. The first-order valence-electron chi connectivity index (χ1n) is 7.43. The Morgan fingerprint density at radius 3 is 2.88 bits per heavy atom. The van der Waals surface area contributed by atoms with Crippen molar-refractivity contribution in [3.8, 4) is 0 Å². The van der Waals surface area contributed by atoms with Gasteiger partial charge in [-0.25, -0.2) is 22.4 Å². The van der Waals surface area contributed by atoms with Crippen molar-refractivity contribution in [3.05, 3.63) is 35.3 Å². The van der Waals surface area contributed by atoms with Gasteiger partial charge in [-0.15, -0.1) is 0 Å². The number of hydrogen-bond acceptors (Lipinski definition) is 8. The van der Waals surface area contributed by atoms with Crippen LogP contribution in [0, 0.1) is 12.7 Å². The lowest BCUT2D eigenvalue weighted by molar-refractivity contribution is 0.234. The van der Waals surface area contributed by atoms with Gasteiger partial charge in [0.15, 0.2) is 21.4 Å². The van der Waals surface area contributed by atoms with Crippen molar-refractivity contribution in [1.82, 2.24) is 15.8 Å². The van der Waals surface area contributed by atoms with E-state index in [1.54, 1.807) is 6.92 Å². The van der Waals surface area contributed by atoms with Crippen LogP contribution in [0.5, 0.6) is 0 Å². The van der Waals surface area contributed by atoms with E-state index in [-0.39, 0.29) is 40.7 Å². The minimum absolute atomic E-state index is 0.0184. The molecule has 1 aliphatic heterocycles. The maximum atomic E-state index is 13.3. The number of rotatable bonds is 4. The van der Waals surface area contributed by atoms with E-state index in [1.165, 1.54) is 18.2 Å². The SMILES string of the molecule is Cc1cc(N=C(NO)c2nonc2N[C@@H]2CCS(=O)(=O)C2)ccc1F. The van der Waals surface area contributed by atoms with E-state index < -0.39 is 9.84 Å². The van der Waals surface area contributed by atoms with Crippen LogP contribution in [0.15, 0.2) is 27.8 Å². The number of amidine groups is 1. The number of hydrogen-bond donors (Lipinski definition) is 3. The van der Waals surface area contributed by atoms with Gasteiger partial charge in [0, 0.05) is 6.04 Å². The number of aliphatic imine (C=N–C) groups is 1. The van der Waals surface area contributed by atoms with Crippen LogP contribution in [0.2, 0.25) is 0 Å². The molecule has 2 aromatic rings. The van der Waals surface area contributed by atoms with Crippen LogP contribution in [-0.2, 0) is 9.84 Å². The van der Waals surface area contributed by atoms with Crippen LogP contribution in [0.1, 0.15) is 17.7 Å². The zero-order valence-corrected chi connectivity index (χ0v) is 14.0. The van der Waals surface area contributed by atoms with Crippen molar-refractivity contribution in [2.45, 2.75) is 19.4 Å². The number of benzene rings is 1. The van der Waals surface area contributed by atoms with Gasteiger partial charge in [-0.1, -0.05) is 0 Å². The molecule has 2 heterocycles. The van der Waals surface area contributed by atoms with E-state index in [9.17, 15) is 18.0 Å². The second kappa shape index (κ2) is 6.76. The van der Waals surface area contributed by atoms with Crippen molar-refractivity contribution >= 4 is 27.2 Å². The van der Waals surface area contributed by atoms with Crippen molar-refractivity contribution in [2.24, 2.45) is 4.99 Å². The molecule has 1 fully saturated rings. The molecule has 0 unspecified atom stereocenters. The maximum Gasteiger partial charge on any atom is 0.202 e. The monoisotopic (exact) mass is 369 g/mol. The van der Waals surface area contributed by atoms with Crippen LogP contribution in [-0.4, -0.2) is 47.3 Å². The van der Waals surface area contributed by atoms with Crippen LogP contribution in [0.25, 0.3) is 0 Å². The highest BCUT2D eigenvalue weighted by Crippen LogP contribution is 2.21. The third-order valence-corrected chi connectivity index (χ3v) is 5.54. The fourth-order valence-corrected chi connectivity index (χ4v) is 4.17. The van der Waals surface area contributed by atoms with Gasteiger partial charge < -0.3 is 5.32 Å². The van der Waals surface area contributed by atoms with Crippen LogP contribution < -0.4 is 10.8 Å². The third kappa shape index (κ3) is 3.94.